The predicted molar refractivity (Wildman–Crippen MR) is 63.4 cm³/mol. The second-order valence-corrected chi connectivity index (χ2v) is 5.20. The molecule has 1 N–H and O–H groups in total. The monoisotopic (exact) mass is 283 g/mol. The summed E-state index contributed by atoms with van der Waals surface area (Å²) in [4.78, 5) is 22.6. The van der Waals surface area contributed by atoms with Crippen LogP contribution in [0.4, 0.5) is 13.2 Å². The number of unbranched alkanes of at least 4 members (excludes halogenated alkanes) is 1. The van der Waals surface area contributed by atoms with E-state index in [9.17, 15) is 22.8 Å². The highest BCUT2D eigenvalue weighted by Crippen LogP contribution is 2.17. The molecule has 0 aliphatic heterocycles. The fourth-order valence-electron chi connectivity index (χ4n) is 1.27. The molecule has 7 heteroatoms. The first-order valence-electron chi connectivity index (χ1n) is 6.08. The molecule has 0 aromatic rings. The fourth-order valence-corrected chi connectivity index (χ4v) is 1.27. The molecular formula is C12H20F3NO3. The third-order valence-electron chi connectivity index (χ3n) is 2.10. The second-order valence-electron chi connectivity index (χ2n) is 5.20. The molecule has 19 heavy (non-hydrogen) atoms. The second kappa shape index (κ2) is 6.77. The molecule has 0 spiro atoms. The van der Waals surface area contributed by atoms with Crippen LogP contribution in [-0.2, 0) is 14.3 Å². The van der Waals surface area contributed by atoms with Gasteiger partial charge in [-0.3, -0.25) is 4.79 Å². The molecule has 1 atom stereocenters. The van der Waals surface area contributed by atoms with Crippen LogP contribution in [0, 0.1) is 0 Å². The molecule has 0 aromatic carbocycles. The highest BCUT2D eigenvalue weighted by molar-refractivity contribution is 5.87. The minimum Gasteiger partial charge on any atom is -0.458 e. The van der Waals surface area contributed by atoms with Crippen molar-refractivity contribution in [3.63, 3.8) is 0 Å². The van der Waals surface area contributed by atoms with Gasteiger partial charge in [0.2, 0.25) is 0 Å². The summed E-state index contributed by atoms with van der Waals surface area (Å²) in [7, 11) is 0. The van der Waals surface area contributed by atoms with E-state index in [-0.39, 0.29) is 6.42 Å². The standard InChI is InChI=1S/C12H20F3NO3/c1-5-6-7-8(9(17)19-11(2,3)4)16-10(18)12(13,14)15/h8H,5-7H2,1-4H3,(H,16,18)/t8-/m0/s1. The van der Waals surface area contributed by atoms with Crippen molar-refractivity contribution in [2.75, 3.05) is 0 Å². The lowest BCUT2D eigenvalue weighted by Crippen LogP contribution is -2.48. The average molecular weight is 283 g/mol. The molecule has 0 aromatic heterocycles. The maximum atomic E-state index is 12.2. The average Bonchev–Trinajstić information content (AvgIpc) is 2.19. The van der Waals surface area contributed by atoms with Crippen LogP contribution in [0.5, 0.6) is 0 Å². The third-order valence-corrected chi connectivity index (χ3v) is 2.10. The zero-order chi connectivity index (χ0) is 15.3. The summed E-state index contributed by atoms with van der Waals surface area (Å²) in [5, 5.41) is 1.68. The van der Waals surface area contributed by atoms with Crippen molar-refractivity contribution in [2.45, 2.75) is 64.8 Å². The van der Waals surface area contributed by atoms with Gasteiger partial charge in [-0.2, -0.15) is 13.2 Å². The number of hydrogen-bond acceptors (Lipinski definition) is 3. The van der Waals surface area contributed by atoms with Crippen LogP contribution in [0.3, 0.4) is 0 Å². The summed E-state index contributed by atoms with van der Waals surface area (Å²) in [5.74, 6) is -2.97. The maximum absolute atomic E-state index is 12.2. The molecule has 0 unspecified atom stereocenters. The van der Waals surface area contributed by atoms with Crippen LogP contribution in [0.1, 0.15) is 47.0 Å². The predicted octanol–water partition coefficient (Wildman–Crippen LogP) is 2.57. The minimum atomic E-state index is -5.01. The zero-order valence-corrected chi connectivity index (χ0v) is 11.6. The SMILES string of the molecule is CCCC[C@H](NC(=O)C(F)(F)F)C(=O)OC(C)(C)C. The number of carbonyl (C=O) groups is 2. The number of halogens is 3. The van der Waals surface area contributed by atoms with Gasteiger partial charge in [-0.15, -0.1) is 0 Å². The van der Waals surface area contributed by atoms with Gasteiger partial charge < -0.3 is 10.1 Å². The Morgan fingerprint density at radius 2 is 1.74 bits per heavy atom. The lowest BCUT2D eigenvalue weighted by Gasteiger charge is -2.24. The summed E-state index contributed by atoms with van der Waals surface area (Å²) in [6.07, 6.45) is -3.68. The van der Waals surface area contributed by atoms with E-state index in [2.05, 4.69) is 0 Å². The van der Waals surface area contributed by atoms with Crippen molar-refractivity contribution < 1.29 is 27.5 Å². The molecular weight excluding hydrogens is 263 g/mol. The van der Waals surface area contributed by atoms with Crippen LogP contribution in [0.25, 0.3) is 0 Å². The molecule has 0 heterocycles. The van der Waals surface area contributed by atoms with Gasteiger partial charge in [0.15, 0.2) is 0 Å². The van der Waals surface area contributed by atoms with E-state index >= 15 is 0 Å². The Morgan fingerprint density at radius 3 is 2.11 bits per heavy atom. The molecule has 0 fully saturated rings. The van der Waals surface area contributed by atoms with Gasteiger partial charge in [0.25, 0.3) is 0 Å². The van der Waals surface area contributed by atoms with Crippen molar-refractivity contribution in [2.24, 2.45) is 0 Å². The van der Waals surface area contributed by atoms with Gasteiger partial charge in [0.05, 0.1) is 0 Å². The van der Waals surface area contributed by atoms with Crippen LogP contribution in [-0.4, -0.2) is 29.7 Å². The smallest absolute Gasteiger partial charge is 0.458 e. The summed E-state index contributed by atoms with van der Waals surface area (Å²) < 4.78 is 41.5. The third kappa shape index (κ3) is 7.69. The molecule has 4 nitrogen and oxygen atoms in total. The van der Waals surface area contributed by atoms with E-state index in [1.54, 1.807) is 26.1 Å². The number of alkyl halides is 3. The van der Waals surface area contributed by atoms with Crippen molar-refractivity contribution in [1.29, 1.82) is 0 Å². The molecule has 0 aliphatic rings. The molecule has 112 valence electrons. The molecule has 0 saturated carbocycles. The number of nitrogens with one attached hydrogen (secondary N) is 1. The van der Waals surface area contributed by atoms with E-state index < -0.39 is 29.7 Å². The maximum Gasteiger partial charge on any atom is 0.471 e. The van der Waals surface area contributed by atoms with Crippen LogP contribution >= 0.6 is 0 Å². The first-order chi connectivity index (χ1) is 8.47. The molecule has 1 amide bonds. The van der Waals surface area contributed by atoms with Gasteiger partial charge in [-0.25, -0.2) is 4.79 Å². The van der Waals surface area contributed by atoms with E-state index in [0.29, 0.717) is 12.8 Å². The Hall–Kier alpha value is -1.27. The van der Waals surface area contributed by atoms with Gasteiger partial charge in [-0.1, -0.05) is 19.8 Å². The van der Waals surface area contributed by atoms with Crippen molar-refractivity contribution in [1.82, 2.24) is 5.32 Å². The summed E-state index contributed by atoms with van der Waals surface area (Å²) >= 11 is 0. The summed E-state index contributed by atoms with van der Waals surface area (Å²) in [6, 6.07) is -1.27. The Morgan fingerprint density at radius 1 is 1.21 bits per heavy atom. The normalized spacial score (nSPS) is 13.8. The summed E-state index contributed by atoms with van der Waals surface area (Å²) in [6.45, 7) is 6.64. The largest absolute Gasteiger partial charge is 0.471 e. The highest BCUT2D eigenvalue weighted by atomic mass is 19.4. The quantitative estimate of drug-likeness (QED) is 0.789. The molecule has 0 saturated heterocycles. The van der Waals surface area contributed by atoms with Crippen molar-refractivity contribution in [3.8, 4) is 0 Å². The van der Waals surface area contributed by atoms with Gasteiger partial charge in [0, 0.05) is 0 Å². The Labute approximate surface area is 110 Å². The number of amides is 1. The topological polar surface area (TPSA) is 55.4 Å². The van der Waals surface area contributed by atoms with Crippen molar-refractivity contribution >= 4 is 11.9 Å². The highest BCUT2D eigenvalue weighted by Gasteiger charge is 2.41. The number of esters is 1. The van der Waals surface area contributed by atoms with E-state index in [1.807, 2.05) is 6.92 Å². The summed E-state index contributed by atoms with van der Waals surface area (Å²) in [5.41, 5.74) is -0.815. The molecule has 0 radical (unpaired) electrons. The van der Waals surface area contributed by atoms with Crippen LogP contribution < -0.4 is 5.32 Å². The van der Waals surface area contributed by atoms with Gasteiger partial charge >= 0.3 is 18.1 Å². The van der Waals surface area contributed by atoms with Crippen LogP contribution in [0.2, 0.25) is 0 Å². The number of ether oxygens (including phenoxy) is 1. The Bertz CT molecular complexity index is 321. The van der Waals surface area contributed by atoms with Crippen molar-refractivity contribution in [3.05, 3.63) is 0 Å². The van der Waals surface area contributed by atoms with Gasteiger partial charge in [0.1, 0.15) is 11.6 Å². The van der Waals surface area contributed by atoms with E-state index in [0.717, 1.165) is 0 Å². The van der Waals surface area contributed by atoms with Crippen LogP contribution in [0.15, 0.2) is 0 Å². The molecule has 0 rings (SSSR count). The number of hydrogen-bond donors (Lipinski definition) is 1. The Kier molecular flexibility index (Phi) is 6.32. The Balaban J connectivity index is 4.72. The first kappa shape index (κ1) is 17.7. The molecule has 0 bridgehead atoms. The van der Waals surface area contributed by atoms with Gasteiger partial charge in [-0.05, 0) is 27.2 Å². The fraction of sp³-hybridized carbons (Fsp3) is 0.833. The first-order valence-corrected chi connectivity index (χ1v) is 6.08. The number of rotatable bonds is 5. The zero-order valence-electron chi connectivity index (χ0n) is 11.6. The molecule has 0 aliphatic carbocycles. The van der Waals surface area contributed by atoms with E-state index in [1.165, 1.54) is 0 Å². The lowest BCUT2D eigenvalue weighted by molar-refractivity contribution is -0.177. The lowest BCUT2D eigenvalue weighted by atomic mass is 10.1. The number of carbonyl (C=O) groups excluding carboxylic acids is 2. The van der Waals surface area contributed by atoms with E-state index in [4.69, 9.17) is 4.74 Å². The minimum absolute atomic E-state index is 0.118.